The second-order valence-corrected chi connectivity index (χ2v) is 4.34. The van der Waals surface area contributed by atoms with Gasteiger partial charge in [-0.05, 0) is 36.8 Å². The van der Waals surface area contributed by atoms with E-state index in [0.717, 1.165) is 11.3 Å². The predicted octanol–water partition coefficient (Wildman–Crippen LogP) is 2.52. The lowest BCUT2D eigenvalue weighted by molar-refractivity contribution is 0.249. The first-order valence-electron chi connectivity index (χ1n) is 5.61. The number of carbonyl (C=O) groups is 1. The summed E-state index contributed by atoms with van der Waals surface area (Å²) < 4.78 is 1.90. The third kappa shape index (κ3) is 3.14. The molecular formula is C13H13ClN4O. The van der Waals surface area contributed by atoms with Crippen LogP contribution >= 0.6 is 11.6 Å². The number of nitrogens with zero attached hydrogens (tertiary/aromatic N) is 2. The third-order valence-electron chi connectivity index (χ3n) is 2.58. The number of halogens is 1. The normalized spacial score (nSPS) is 11.4. The van der Waals surface area contributed by atoms with Gasteiger partial charge in [0, 0.05) is 12.4 Å². The van der Waals surface area contributed by atoms with Gasteiger partial charge in [-0.1, -0.05) is 17.7 Å². The number of hydrogen-bond donors (Lipinski definition) is 2. The van der Waals surface area contributed by atoms with Crippen LogP contribution in [0.1, 0.15) is 12.5 Å². The van der Waals surface area contributed by atoms with Gasteiger partial charge in [-0.15, -0.1) is 0 Å². The number of hydrazone groups is 1. The van der Waals surface area contributed by atoms with E-state index in [1.165, 1.54) is 0 Å². The lowest BCUT2D eigenvalue weighted by Gasteiger charge is -2.08. The van der Waals surface area contributed by atoms with Crippen molar-refractivity contribution in [1.29, 1.82) is 0 Å². The summed E-state index contributed by atoms with van der Waals surface area (Å²) in [6.45, 7) is 1.78. The molecule has 1 aromatic carbocycles. The molecule has 6 heteroatoms. The average Bonchev–Trinajstić information content (AvgIpc) is 2.90. The maximum absolute atomic E-state index is 10.6. The standard InChI is InChI=1S/C13H13ClN4O/c1-9(16-17-13(15)19)10-4-5-11(14)12(8-10)18-6-2-3-7-18/h2-8H,1H3,(H3,15,17,19)/b16-9+. The number of carbonyl (C=O) groups excluding carboxylic acids is 1. The van der Waals surface area contributed by atoms with Crippen LogP contribution in [0, 0.1) is 0 Å². The highest BCUT2D eigenvalue weighted by Crippen LogP contribution is 2.22. The van der Waals surface area contributed by atoms with Crippen molar-refractivity contribution < 1.29 is 4.79 Å². The van der Waals surface area contributed by atoms with Crippen LogP contribution in [0.3, 0.4) is 0 Å². The maximum atomic E-state index is 10.6. The number of primary amides is 1. The van der Waals surface area contributed by atoms with Crippen LogP contribution in [0.25, 0.3) is 5.69 Å². The lowest BCUT2D eigenvalue weighted by atomic mass is 10.1. The van der Waals surface area contributed by atoms with E-state index in [2.05, 4.69) is 10.5 Å². The second-order valence-electron chi connectivity index (χ2n) is 3.93. The number of nitrogens with one attached hydrogen (secondary N) is 1. The quantitative estimate of drug-likeness (QED) is 0.656. The Morgan fingerprint density at radius 3 is 2.68 bits per heavy atom. The first-order chi connectivity index (χ1) is 9.08. The predicted molar refractivity (Wildman–Crippen MR) is 75.7 cm³/mol. The molecule has 0 saturated carbocycles. The summed E-state index contributed by atoms with van der Waals surface area (Å²) in [6.07, 6.45) is 3.80. The number of urea groups is 1. The number of nitrogens with two attached hydrogens (primary N) is 1. The van der Waals surface area contributed by atoms with Crippen molar-refractivity contribution in [2.24, 2.45) is 10.8 Å². The second kappa shape index (κ2) is 5.58. The third-order valence-corrected chi connectivity index (χ3v) is 2.90. The minimum Gasteiger partial charge on any atom is -0.350 e. The maximum Gasteiger partial charge on any atom is 0.332 e. The largest absolute Gasteiger partial charge is 0.350 e. The molecule has 0 aliphatic rings. The molecular weight excluding hydrogens is 264 g/mol. The highest BCUT2D eigenvalue weighted by molar-refractivity contribution is 6.32. The Morgan fingerprint density at radius 1 is 1.37 bits per heavy atom. The first kappa shape index (κ1) is 13.2. The topological polar surface area (TPSA) is 72.4 Å². The van der Waals surface area contributed by atoms with Crippen molar-refractivity contribution in [2.75, 3.05) is 0 Å². The Kier molecular flexibility index (Phi) is 3.87. The highest BCUT2D eigenvalue weighted by Gasteiger charge is 2.06. The summed E-state index contributed by atoms with van der Waals surface area (Å²) in [4.78, 5) is 10.6. The summed E-state index contributed by atoms with van der Waals surface area (Å²) in [5.74, 6) is 0. The first-order valence-corrected chi connectivity index (χ1v) is 5.98. The zero-order valence-electron chi connectivity index (χ0n) is 10.3. The number of hydrogen-bond acceptors (Lipinski definition) is 2. The molecule has 0 unspecified atom stereocenters. The van der Waals surface area contributed by atoms with E-state index in [1.54, 1.807) is 13.0 Å². The molecule has 5 nitrogen and oxygen atoms in total. The Labute approximate surface area is 115 Å². The molecule has 1 aromatic heterocycles. The highest BCUT2D eigenvalue weighted by atomic mass is 35.5. The van der Waals surface area contributed by atoms with Crippen molar-refractivity contribution in [3.8, 4) is 5.69 Å². The molecule has 3 N–H and O–H groups in total. The van der Waals surface area contributed by atoms with Crippen molar-refractivity contribution in [2.45, 2.75) is 6.92 Å². The molecule has 0 aliphatic heterocycles. The molecule has 98 valence electrons. The molecule has 19 heavy (non-hydrogen) atoms. The fourth-order valence-electron chi connectivity index (χ4n) is 1.63. The molecule has 2 rings (SSSR count). The van der Waals surface area contributed by atoms with Crippen LogP contribution in [0.4, 0.5) is 4.79 Å². The van der Waals surface area contributed by atoms with Crippen molar-refractivity contribution in [1.82, 2.24) is 9.99 Å². The van der Waals surface area contributed by atoms with Gasteiger partial charge in [-0.2, -0.15) is 5.10 Å². The minimum atomic E-state index is -0.695. The van der Waals surface area contributed by atoms with E-state index in [-0.39, 0.29) is 0 Å². The molecule has 0 bridgehead atoms. The number of amides is 2. The number of benzene rings is 1. The SMILES string of the molecule is C/C(=N\NC(N)=O)c1ccc(Cl)c(-n2cccc2)c1. The van der Waals surface area contributed by atoms with Crippen LogP contribution in [0.5, 0.6) is 0 Å². The summed E-state index contributed by atoms with van der Waals surface area (Å²) in [5.41, 5.74) is 9.50. The van der Waals surface area contributed by atoms with Gasteiger partial charge in [0.1, 0.15) is 0 Å². The van der Waals surface area contributed by atoms with Crippen molar-refractivity contribution in [3.63, 3.8) is 0 Å². The summed E-state index contributed by atoms with van der Waals surface area (Å²) in [5, 5.41) is 4.52. The van der Waals surface area contributed by atoms with Gasteiger partial charge in [0.15, 0.2) is 0 Å². The summed E-state index contributed by atoms with van der Waals surface area (Å²) in [7, 11) is 0. The number of rotatable bonds is 3. The summed E-state index contributed by atoms with van der Waals surface area (Å²) in [6, 6.07) is 8.65. The number of aromatic nitrogens is 1. The van der Waals surface area contributed by atoms with Gasteiger partial charge < -0.3 is 10.3 Å². The van der Waals surface area contributed by atoms with Gasteiger partial charge in [0.25, 0.3) is 0 Å². The molecule has 0 spiro atoms. The van der Waals surface area contributed by atoms with Crippen LogP contribution in [0.15, 0.2) is 47.8 Å². The van der Waals surface area contributed by atoms with E-state index in [4.69, 9.17) is 17.3 Å². The van der Waals surface area contributed by atoms with Crippen LogP contribution in [-0.4, -0.2) is 16.3 Å². The van der Waals surface area contributed by atoms with E-state index < -0.39 is 6.03 Å². The van der Waals surface area contributed by atoms with Crippen molar-refractivity contribution >= 4 is 23.3 Å². The Hall–Kier alpha value is -2.27. The van der Waals surface area contributed by atoms with E-state index in [1.807, 2.05) is 41.2 Å². The van der Waals surface area contributed by atoms with E-state index in [9.17, 15) is 4.79 Å². The lowest BCUT2D eigenvalue weighted by Crippen LogP contribution is -2.25. The van der Waals surface area contributed by atoms with Gasteiger partial charge in [-0.25, -0.2) is 10.2 Å². The van der Waals surface area contributed by atoms with E-state index >= 15 is 0 Å². The Bertz CT molecular complexity index is 620. The van der Waals surface area contributed by atoms with Gasteiger partial charge >= 0.3 is 6.03 Å². The van der Waals surface area contributed by atoms with E-state index in [0.29, 0.717) is 10.7 Å². The zero-order valence-corrected chi connectivity index (χ0v) is 11.1. The van der Waals surface area contributed by atoms with Crippen LogP contribution < -0.4 is 11.2 Å². The molecule has 0 saturated heterocycles. The fraction of sp³-hybridized carbons (Fsp3) is 0.0769. The Balaban J connectivity index is 2.36. The van der Waals surface area contributed by atoms with Crippen molar-refractivity contribution in [3.05, 3.63) is 53.3 Å². The smallest absolute Gasteiger partial charge is 0.332 e. The van der Waals surface area contributed by atoms with Gasteiger partial charge in [-0.3, -0.25) is 0 Å². The fourth-order valence-corrected chi connectivity index (χ4v) is 1.85. The molecule has 0 aliphatic carbocycles. The zero-order chi connectivity index (χ0) is 13.8. The average molecular weight is 277 g/mol. The molecule has 2 amide bonds. The van der Waals surface area contributed by atoms with Crippen LogP contribution in [-0.2, 0) is 0 Å². The molecule has 0 radical (unpaired) electrons. The Morgan fingerprint density at radius 2 is 2.05 bits per heavy atom. The molecule has 0 fully saturated rings. The minimum absolute atomic E-state index is 0.635. The van der Waals surface area contributed by atoms with Gasteiger partial charge in [0.2, 0.25) is 0 Å². The molecule has 2 aromatic rings. The van der Waals surface area contributed by atoms with Crippen LogP contribution in [0.2, 0.25) is 5.02 Å². The van der Waals surface area contributed by atoms with Gasteiger partial charge in [0.05, 0.1) is 16.4 Å². The summed E-state index contributed by atoms with van der Waals surface area (Å²) >= 11 is 6.17. The molecule has 0 atom stereocenters. The molecule has 1 heterocycles. The monoisotopic (exact) mass is 276 g/mol.